The van der Waals surface area contributed by atoms with Crippen molar-refractivity contribution in [3.05, 3.63) is 35.9 Å². The van der Waals surface area contributed by atoms with Crippen molar-refractivity contribution in [1.82, 2.24) is 5.32 Å². The van der Waals surface area contributed by atoms with Gasteiger partial charge in [-0.25, -0.2) is 0 Å². The number of nitrogens with one attached hydrogen (secondary N) is 1. The van der Waals surface area contributed by atoms with E-state index in [-0.39, 0.29) is 11.4 Å². The van der Waals surface area contributed by atoms with Gasteiger partial charge in [0.15, 0.2) is 0 Å². The molecular formula is C16H26N2O2. The van der Waals surface area contributed by atoms with Crippen molar-refractivity contribution in [1.29, 1.82) is 0 Å². The normalized spacial score (nSPS) is 11.3. The molecule has 0 aliphatic heterocycles. The highest BCUT2D eigenvalue weighted by Gasteiger charge is 2.11. The molecule has 0 spiro atoms. The van der Waals surface area contributed by atoms with Crippen molar-refractivity contribution >= 4 is 5.91 Å². The Morgan fingerprint density at radius 3 is 2.60 bits per heavy atom. The summed E-state index contributed by atoms with van der Waals surface area (Å²) in [5, 5.41) is 2.82. The van der Waals surface area contributed by atoms with Crippen LogP contribution in [0.15, 0.2) is 30.3 Å². The zero-order chi connectivity index (χ0) is 14.8. The Labute approximate surface area is 121 Å². The lowest BCUT2D eigenvalue weighted by Gasteiger charge is -2.18. The predicted octanol–water partition coefficient (Wildman–Crippen LogP) is 1.88. The summed E-state index contributed by atoms with van der Waals surface area (Å²) in [6, 6.07) is 10.2. The molecule has 0 heterocycles. The van der Waals surface area contributed by atoms with Crippen molar-refractivity contribution in [2.24, 2.45) is 5.73 Å². The molecule has 1 aromatic carbocycles. The Bertz CT molecular complexity index is 385. The van der Waals surface area contributed by atoms with Crippen molar-refractivity contribution in [3.63, 3.8) is 0 Å². The number of carbonyl (C=O) groups excluding carboxylic acids is 1. The molecule has 4 nitrogen and oxygen atoms in total. The highest BCUT2D eigenvalue weighted by molar-refractivity contribution is 5.75. The van der Waals surface area contributed by atoms with Gasteiger partial charge in [-0.2, -0.15) is 0 Å². The number of ether oxygens (including phenoxy) is 1. The number of hydrogen-bond donors (Lipinski definition) is 2. The molecule has 1 amide bonds. The molecule has 112 valence electrons. The second-order valence-corrected chi connectivity index (χ2v) is 5.72. The Morgan fingerprint density at radius 2 is 1.95 bits per heavy atom. The molecule has 0 aliphatic rings. The number of benzene rings is 1. The van der Waals surface area contributed by atoms with Gasteiger partial charge in [0.2, 0.25) is 5.91 Å². The molecule has 1 rings (SSSR count). The van der Waals surface area contributed by atoms with Crippen LogP contribution in [0, 0.1) is 0 Å². The number of amides is 1. The SMILES string of the molecule is CC(C)(N)CNC(=O)CCCOCCc1ccccc1. The van der Waals surface area contributed by atoms with Gasteiger partial charge < -0.3 is 15.8 Å². The molecule has 0 fully saturated rings. The summed E-state index contributed by atoms with van der Waals surface area (Å²) in [5.74, 6) is 0.0372. The van der Waals surface area contributed by atoms with E-state index in [9.17, 15) is 4.79 Å². The highest BCUT2D eigenvalue weighted by Crippen LogP contribution is 2.00. The molecule has 0 saturated carbocycles. The van der Waals surface area contributed by atoms with Gasteiger partial charge in [0.05, 0.1) is 6.61 Å². The summed E-state index contributed by atoms with van der Waals surface area (Å²) < 4.78 is 5.53. The van der Waals surface area contributed by atoms with E-state index in [2.05, 4.69) is 17.4 Å². The summed E-state index contributed by atoms with van der Waals surface area (Å²) in [7, 11) is 0. The minimum atomic E-state index is -0.359. The lowest BCUT2D eigenvalue weighted by molar-refractivity contribution is -0.121. The van der Waals surface area contributed by atoms with Crippen LogP contribution in [0.2, 0.25) is 0 Å². The van der Waals surface area contributed by atoms with E-state index >= 15 is 0 Å². The van der Waals surface area contributed by atoms with Crippen LogP contribution < -0.4 is 11.1 Å². The van der Waals surface area contributed by atoms with E-state index in [4.69, 9.17) is 10.5 Å². The second-order valence-electron chi connectivity index (χ2n) is 5.72. The summed E-state index contributed by atoms with van der Waals surface area (Å²) in [4.78, 5) is 11.5. The van der Waals surface area contributed by atoms with E-state index in [1.807, 2.05) is 32.0 Å². The van der Waals surface area contributed by atoms with Gasteiger partial charge in [-0.05, 0) is 32.3 Å². The van der Waals surface area contributed by atoms with Crippen molar-refractivity contribution in [2.75, 3.05) is 19.8 Å². The zero-order valence-corrected chi connectivity index (χ0v) is 12.5. The first-order valence-corrected chi connectivity index (χ1v) is 7.15. The molecule has 0 bridgehead atoms. The Morgan fingerprint density at radius 1 is 1.25 bits per heavy atom. The first kappa shape index (κ1) is 16.7. The first-order chi connectivity index (χ1) is 9.47. The Balaban J connectivity index is 1.98. The van der Waals surface area contributed by atoms with Gasteiger partial charge in [-0.3, -0.25) is 4.79 Å². The van der Waals surface area contributed by atoms with E-state index in [0.29, 0.717) is 26.2 Å². The molecule has 0 saturated heterocycles. The van der Waals surface area contributed by atoms with Crippen LogP contribution in [0.3, 0.4) is 0 Å². The topological polar surface area (TPSA) is 64.3 Å². The molecule has 0 unspecified atom stereocenters. The van der Waals surface area contributed by atoms with Gasteiger partial charge in [-0.15, -0.1) is 0 Å². The second kappa shape index (κ2) is 8.72. The van der Waals surface area contributed by atoms with Crippen LogP contribution in [0.25, 0.3) is 0 Å². The highest BCUT2D eigenvalue weighted by atomic mass is 16.5. The average Bonchev–Trinajstić information content (AvgIpc) is 2.41. The monoisotopic (exact) mass is 278 g/mol. The van der Waals surface area contributed by atoms with Crippen LogP contribution in [0.4, 0.5) is 0 Å². The Hall–Kier alpha value is -1.39. The molecule has 4 heteroatoms. The number of hydrogen-bond acceptors (Lipinski definition) is 3. The summed E-state index contributed by atoms with van der Waals surface area (Å²) in [5.41, 5.74) is 6.71. The van der Waals surface area contributed by atoms with Crippen LogP contribution in [0.5, 0.6) is 0 Å². The minimum Gasteiger partial charge on any atom is -0.381 e. The minimum absolute atomic E-state index is 0.0372. The molecule has 0 atom stereocenters. The van der Waals surface area contributed by atoms with Crippen molar-refractivity contribution < 1.29 is 9.53 Å². The summed E-state index contributed by atoms with van der Waals surface area (Å²) in [6.45, 7) is 5.59. The lowest BCUT2D eigenvalue weighted by atomic mass is 10.1. The third-order valence-electron chi connectivity index (χ3n) is 2.81. The van der Waals surface area contributed by atoms with E-state index in [1.165, 1.54) is 5.56 Å². The predicted molar refractivity (Wildman–Crippen MR) is 81.5 cm³/mol. The van der Waals surface area contributed by atoms with Crippen molar-refractivity contribution in [3.8, 4) is 0 Å². The zero-order valence-electron chi connectivity index (χ0n) is 12.5. The summed E-state index contributed by atoms with van der Waals surface area (Å²) >= 11 is 0. The van der Waals surface area contributed by atoms with Crippen molar-refractivity contribution in [2.45, 2.75) is 38.6 Å². The molecule has 20 heavy (non-hydrogen) atoms. The summed E-state index contributed by atoms with van der Waals surface area (Å²) in [6.07, 6.45) is 2.14. The van der Waals surface area contributed by atoms with Crippen LogP contribution in [-0.2, 0) is 16.0 Å². The molecule has 0 aromatic heterocycles. The maximum Gasteiger partial charge on any atom is 0.220 e. The fourth-order valence-electron chi connectivity index (χ4n) is 1.69. The molecular weight excluding hydrogens is 252 g/mol. The van der Waals surface area contributed by atoms with Gasteiger partial charge in [0.1, 0.15) is 0 Å². The number of rotatable bonds is 9. The van der Waals surface area contributed by atoms with E-state index in [1.54, 1.807) is 0 Å². The van der Waals surface area contributed by atoms with E-state index in [0.717, 1.165) is 12.8 Å². The fourth-order valence-corrected chi connectivity index (χ4v) is 1.69. The number of nitrogens with two attached hydrogens (primary N) is 1. The third kappa shape index (κ3) is 8.67. The number of carbonyl (C=O) groups is 1. The fraction of sp³-hybridized carbons (Fsp3) is 0.562. The van der Waals surface area contributed by atoms with Crippen LogP contribution >= 0.6 is 0 Å². The maximum atomic E-state index is 11.5. The standard InChI is InChI=1S/C16H26N2O2/c1-16(2,17)13-18-15(19)9-6-11-20-12-10-14-7-4-3-5-8-14/h3-5,7-8H,6,9-13,17H2,1-2H3,(H,18,19). The largest absolute Gasteiger partial charge is 0.381 e. The molecule has 0 radical (unpaired) electrons. The van der Waals surface area contributed by atoms with Gasteiger partial charge in [-0.1, -0.05) is 30.3 Å². The lowest BCUT2D eigenvalue weighted by Crippen LogP contribution is -2.45. The maximum absolute atomic E-state index is 11.5. The smallest absolute Gasteiger partial charge is 0.220 e. The Kier molecular flexibility index (Phi) is 7.26. The molecule has 1 aromatic rings. The molecule has 0 aliphatic carbocycles. The van der Waals surface area contributed by atoms with E-state index < -0.39 is 0 Å². The quantitative estimate of drug-likeness (QED) is 0.678. The third-order valence-corrected chi connectivity index (χ3v) is 2.81. The van der Waals surface area contributed by atoms with Crippen LogP contribution in [-0.4, -0.2) is 31.2 Å². The van der Waals surface area contributed by atoms with Gasteiger partial charge in [0, 0.05) is 25.1 Å². The van der Waals surface area contributed by atoms with Gasteiger partial charge >= 0.3 is 0 Å². The van der Waals surface area contributed by atoms with Gasteiger partial charge in [0.25, 0.3) is 0 Å². The average molecular weight is 278 g/mol. The molecule has 3 N–H and O–H groups in total. The first-order valence-electron chi connectivity index (χ1n) is 7.15. The van der Waals surface area contributed by atoms with Crippen LogP contribution in [0.1, 0.15) is 32.3 Å².